The Kier molecular flexibility index (Phi) is 6.89. The van der Waals surface area contributed by atoms with Crippen LogP contribution in [0.25, 0.3) is 76.1 Å². The Morgan fingerprint density at radius 2 is 0.745 bits per heavy atom. The van der Waals surface area contributed by atoms with Crippen molar-refractivity contribution in [3.63, 3.8) is 0 Å². The molecule has 0 saturated carbocycles. The molecule has 1 nitrogen and oxygen atoms in total. The van der Waals surface area contributed by atoms with Crippen LogP contribution < -0.4 is 4.90 Å². The molecule has 0 N–H and O–H groups in total. The summed E-state index contributed by atoms with van der Waals surface area (Å²) in [5.41, 5.74) is 8.16. The smallest absolute Gasteiger partial charge is 0.0468 e. The molecule has 0 heterocycles. The summed E-state index contributed by atoms with van der Waals surface area (Å²) in [5.74, 6) is 0. The molecule has 10 aromatic carbocycles. The molecule has 1 heteroatoms. The number of nitrogens with zero attached hydrogens (tertiary/aromatic N) is 1. The van der Waals surface area contributed by atoms with Gasteiger partial charge >= 0.3 is 0 Å². The van der Waals surface area contributed by atoms with Crippen LogP contribution in [0.4, 0.5) is 17.1 Å². The Morgan fingerprint density at radius 1 is 0.235 bits per heavy atom. The fourth-order valence-corrected chi connectivity index (χ4v) is 7.85. The summed E-state index contributed by atoms with van der Waals surface area (Å²) in [6, 6.07) is 73.1. The van der Waals surface area contributed by atoms with Gasteiger partial charge < -0.3 is 4.90 Å². The summed E-state index contributed by atoms with van der Waals surface area (Å²) in [6.45, 7) is 0. The van der Waals surface area contributed by atoms with Gasteiger partial charge in [0.1, 0.15) is 0 Å². The van der Waals surface area contributed by atoms with E-state index in [4.69, 9.17) is 0 Å². The molecule has 10 aromatic rings. The SMILES string of the molecule is c1ccc(-c2cccc(N(c3ccc(-c4ccc5ccc6ccc7ccccc7c6c5c4)cc3)c3ccc4c(ccc5ccccc54)c3)c2)cc1. The van der Waals surface area contributed by atoms with Gasteiger partial charge in [-0.2, -0.15) is 0 Å². The van der Waals surface area contributed by atoms with E-state index < -0.39 is 0 Å². The van der Waals surface area contributed by atoms with Crippen LogP contribution in [0, 0.1) is 0 Å². The van der Waals surface area contributed by atoms with Crippen LogP contribution in [-0.2, 0) is 0 Å². The zero-order chi connectivity index (χ0) is 33.7. The fraction of sp³-hybridized carbons (Fsp3) is 0. The zero-order valence-corrected chi connectivity index (χ0v) is 28.0. The second-order valence-corrected chi connectivity index (χ2v) is 13.4. The largest absolute Gasteiger partial charge is 0.310 e. The minimum Gasteiger partial charge on any atom is -0.310 e. The minimum absolute atomic E-state index is 1.11. The first-order valence-electron chi connectivity index (χ1n) is 17.6. The number of benzene rings is 10. The maximum absolute atomic E-state index is 2.38. The van der Waals surface area contributed by atoms with Gasteiger partial charge in [0, 0.05) is 17.1 Å². The Labute approximate surface area is 297 Å². The summed E-state index contributed by atoms with van der Waals surface area (Å²) in [7, 11) is 0. The lowest BCUT2D eigenvalue weighted by Crippen LogP contribution is -2.10. The maximum atomic E-state index is 2.38. The first-order chi connectivity index (χ1) is 25.3. The molecule has 0 spiro atoms. The quantitative estimate of drug-likeness (QED) is 0.168. The summed E-state index contributed by atoms with van der Waals surface area (Å²) in [4.78, 5) is 2.38. The number of hydrogen-bond acceptors (Lipinski definition) is 1. The van der Waals surface area contributed by atoms with E-state index >= 15 is 0 Å². The van der Waals surface area contributed by atoms with Crippen molar-refractivity contribution in [3.8, 4) is 22.3 Å². The number of anilines is 3. The highest BCUT2D eigenvalue weighted by Crippen LogP contribution is 2.40. The molecule has 0 atom stereocenters. The van der Waals surface area contributed by atoms with Gasteiger partial charge in [-0.1, -0.05) is 158 Å². The second-order valence-electron chi connectivity index (χ2n) is 13.4. The molecule has 51 heavy (non-hydrogen) atoms. The Balaban J connectivity index is 1.10. The van der Waals surface area contributed by atoms with E-state index in [2.05, 4.69) is 205 Å². The van der Waals surface area contributed by atoms with Crippen molar-refractivity contribution >= 4 is 70.9 Å². The molecular formula is C50H33N. The first-order valence-corrected chi connectivity index (χ1v) is 17.6. The van der Waals surface area contributed by atoms with Gasteiger partial charge in [0.05, 0.1) is 0 Å². The molecule has 0 aromatic heterocycles. The molecule has 0 saturated heterocycles. The van der Waals surface area contributed by atoms with E-state index in [0.29, 0.717) is 0 Å². The van der Waals surface area contributed by atoms with Gasteiger partial charge in [-0.05, 0) is 119 Å². The first kappa shape index (κ1) is 29.2. The van der Waals surface area contributed by atoms with E-state index in [0.717, 1.165) is 17.1 Å². The van der Waals surface area contributed by atoms with Crippen molar-refractivity contribution in [1.82, 2.24) is 0 Å². The predicted molar refractivity (Wildman–Crippen MR) is 220 cm³/mol. The monoisotopic (exact) mass is 647 g/mol. The lowest BCUT2D eigenvalue weighted by Gasteiger charge is -2.27. The average Bonchev–Trinajstić information content (AvgIpc) is 3.21. The van der Waals surface area contributed by atoms with E-state index in [1.165, 1.54) is 76.1 Å². The summed E-state index contributed by atoms with van der Waals surface area (Å²) in [5, 5.41) is 12.7. The lowest BCUT2D eigenvalue weighted by molar-refractivity contribution is 1.29. The topological polar surface area (TPSA) is 3.24 Å². The van der Waals surface area contributed by atoms with Crippen LogP contribution in [0.1, 0.15) is 0 Å². The van der Waals surface area contributed by atoms with Crippen LogP contribution in [0.15, 0.2) is 200 Å². The van der Waals surface area contributed by atoms with E-state index in [-0.39, 0.29) is 0 Å². The molecule has 0 unspecified atom stereocenters. The molecule has 0 aliphatic rings. The van der Waals surface area contributed by atoms with E-state index in [1.807, 2.05) is 0 Å². The third kappa shape index (κ3) is 5.10. The number of hydrogen-bond donors (Lipinski definition) is 0. The van der Waals surface area contributed by atoms with Gasteiger partial charge in [-0.3, -0.25) is 0 Å². The Bertz CT molecular complexity index is 2900. The molecule has 10 rings (SSSR count). The summed E-state index contributed by atoms with van der Waals surface area (Å²) in [6.07, 6.45) is 0. The molecule has 0 bridgehead atoms. The average molecular weight is 648 g/mol. The number of rotatable bonds is 5. The standard InChI is InChI=1S/C50H33N/c1-2-9-34(10-3-1)40-13-8-14-44(31-40)51(45-29-30-47-42(32-45)24-20-36-11-4-6-15-46(36)47)43-27-25-35(26-28-43)41-23-19-38-18-22-39-21-17-37-12-5-7-16-48(37)50(39)49(38)33-41/h1-33H. The molecule has 0 aliphatic heterocycles. The van der Waals surface area contributed by atoms with Crippen molar-refractivity contribution in [3.05, 3.63) is 200 Å². The lowest BCUT2D eigenvalue weighted by atomic mass is 9.94. The van der Waals surface area contributed by atoms with Gasteiger partial charge in [0.25, 0.3) is 0 Å². The van der Waals surface area contributed by atoms with E-state index in [1.54, 1.807) is 0 Å². The van der Waals surface area contributed by atoms with Crippen LogP contribution in [0.2, 0.25) is 0 Å². The second kappa shape index (κ2) is 12.0. The normalized spacial score (nSPS) is 11.5. The molecule has 0 amide bonds. The number of fused-ring (bicyclic) bond motifs is 8. The molecular weight excluding hydrogens is 615 g/mol. The van der Waals surface area contributed by atoms with Crippen molar-refractivity contribution < 1.29 is 0 Å². The Hall–Kier alpha value is -6.70. The van der Waals surface area contributed by atoms with Crippen molar-refractivity contribution in [2.75, 3.05) is 4.90 Å². The predicted octanol–water partition coefficient (Wildman–Crippen LogP) is 14.3. The maximum Gasteiger partial charge on any atom is 0.0468 e. The van der Waals surface area contributed by atoms with Crippen LogP contribution in [-0.4, -0.2) is 0 Å². The van der Waals surface area contributed by atoms with Gasteiger partial charge in [-0.25, -0.2) is 0 Å². The summed E-state index contributed by atoms with van der Waals surface area (Å²) < 4.78 is 0. The Morgan fingerprint density at radius 3 is 1.55 bits per heavy atom. The van der Waals surface area contributed by atoms with Crippen molar-refractivity contribution in [1.29, 1.82) is 0 Å². The zero-order valence-electron chi connectivity index (χ0n) is 28.0. The summed E-state index contributed by atoms with van der Waals surface area (Å²) >= 11 is 0. The highest BCUT2D eigenvalue weighted by Gasteiger charge is 2.16. The third-order valence-electron chi connectivity index (χ3n) is 10.4. The molecule has 0 aliphatic carbocycles. The van der Waals surface area contributed by atoms with Crippen LogP contribution >= 0.6 is 0 Å². The van der Waals surface area contributed by atoms with Crippen LogP contribution in [0.5, 0.6) is 0 Å². The molecule has 0 radical (unpaired) electrons. The van der Waals surface area contributed by atoms with E-state index in [9.17, 15) is 0 Å². The van der Waals surface area contributed by atoms with Crippen LogP contribution in [0.3, 0.4) is 0 Å². The van der Waals surface area contributed by atoms with Gasteiger partial charge in [0.15, 0.2) is 0 Å². The van der Waals surface area contributed by atoms with Gasteiger partial charge in [0.2, 0.25) is 0 Å². The van der Waals surface area contributed by atoms with Crippen molar-refractivity contribution in [2.24, 2.45) is 0 Å². The highest BCUT2D eigenvalue weighted by molar-refractivity contribution is 6.20. The third-order valence-corrected chi connectivity index (χ3v) is 10.4. The van der Waals surface area contributed by atoms with Gasteiger partial charge in [-0.15, -0.1) is 0 Å². The fourth-order valence-electron chi connectivity index (χ4n) is 7.85. The highest BCUT2D eigenvalue weighted by atomic mass is 15.1. The minimum atomic E-state index is 1.11. The molecule has 0 fully saturated rings. The molecule has 238 valence electrons. The van der Waals surface area contributed by atoms with Crippen molar-refractivity contribution in [2.45, 2.75) is 0 Å².